The van der Waals surface area contributed by atoms with Gasteiger partial charge in [0, 0.05) is 13.0 Å². The number of nitrogens with one attached hydrogen (secondary N) is 1. The van der Waals surface area contributed by atoms with Gasteiger partial charge in [-0.2, -0.15) is 10.5 Å². The van der Waals surface area contributed by atoms with Crippen LogP contribution in [0.2, 0.25) is 0 Å². The Kier molecular flexibility index (Phi) is 5.18. The van der Waals surface area contributed by atoms with Crippen molar-refractivity contribution in [2.45, 2.75) is 45.2 Å². The summed E-state index contributed by atoms with van der Waals surface area (Å²) in [5.41, 5.74) is 3.40. The van der Waals surface area contributed by atoms with Gasteiger partial charge in [0.05, 0.1) is 6.61 Å². The van der Waals surface area contributed by atoms with Crippen molar-refractivity contribution in [3.05, 3.63) is 22.8 Å². The molecule has 2 atom stereocenters. The molecule has 7 heteroatoms. The predicted octanol–water partition coefficient (Wildman–Crippen LogP) is 1.15. The van der Waals surface area contributed by atoms with Gasteiger partial charge in [0.1, 0.15) is 23.8 Å². The Hall–Kier alpha value is -2.48. The number of rotatable bonds is 4. The lowest BCUT2D eigenvalue weighted by Crippen LogP contribution is -2.60. The number of hydrogen-bond acceptors (Lipinski definition) is 7. The molecule has 126 valence electrons. The SMILES string of the molecule is CCCOC(=O)C12CC(C)=C(C)CN1NC(C=C(C#N)C#N)C2=O. The van der Waals surface area contributed by atoms with Crippen molar-refractivity contribution in [3.8, 4) is 12.1 Å². The Labute approximate surface area is 141 Å². The zero-order valence-electron chi connectivity index (χ0n) is 14.0. The fourth-order valence-corrected chi connectivity index (χ4v) is 2.97. The molecule has 24 heavy (non-hydrogen) atoms. The molecular formula is C17H20N4O3. The van der Waals surface area contributed by atoms with Gasteiger partial charge in [0.15, 0.2) is 11.3 Å². The van der Waals surface area contributed by atoms with Crippen LogP contribution in [0.1, 0.15) is 33.6 Å². The van der Waals surface area contributed by atoms with Gasteiger partial charge in [-0.05, 0) is 26.3 Å². The van der Waals surface area contributed by atoms with Crippen molar-refractivity contribution in [3.63, 3.8) is 0 Å². The maximum absolute atomic E-state index is 13.0. The lowest BCUT2D eigenvalue weighted by atomic mass is 9.81. The van der Waals surface area contributed by atoms with Gasteiger partial charge < -0.3 is 4.74 Å². The lowest BCUT2D eigenvalue weighted by Gasteiger charge is -2.38. The van der Waals surface area contributed by atoms with Gasteiger partial charge in [-0.3, -0.25) is 4.79 Å². The number of fused-ring (bicyclic) bond motifs is 1. The maximum atomic E-state index is 13.0. The van der Waals surface area contributed by atoms with Crippen molar-refractivity contribution in [1.29, 1.82) is 10.5 Å². The molecule has 1 fully saturated rings. The van der Waals surface area contributed by atoms with E-state index >= 15 is 0 Å². The molecule has 0 spiro atoms. The Morgan fingerprint density at radius 3 is 2.67 bits per heavy atom. The van der Waals surface area contributed by atoms with Gasteiger partial charge in [-0.15, -0.1) is 0 Å². The van der Waals surface area contributed by atoms with Crippen molar-refractivity contribution in [2.24, 2.45) is 0 Å². The zero-order valence-corrected chi connectivity index (χ0v) is 14.0. The normalized spacial score (nSPS) is 26.4. The summed E-state index contributed by atoms with van der Waals surface area (Å²) >= 11 is 0. The summed E-state index contributed by atoms with van der Waals surface area (Å²) in [5.74, 6) is -0.974. The van der Waals surface area contributed by atoms with Gasteiger partial charge >= 0.3 is 5.97 Å². The van der Waals surface area contributed by atoms with Crippen LogP contribution in [0.5, 0.6) is 0 Å². The molecule has 0 aromatic carbocycles. The third-order valence-corrected chi connectivity index (χ3v) is 4.44. The average Bonchev–Trinajstić information content (AvgIpc) is 2.83. The molecule has 0 aromatic rings. The predicted molar refractivity (Wildman–Crippen MR) is 84.9 cm³/mol. The Balaban J connectivity index is 2.43. The van der Waals surface area contributed by atoms with Crippen molar-refractivity contribution in [2.75, 3.05) is 13.2 Å². The molecule has 0 aromatic heterocycles. The van der Waals surface area contributed by atoms with Crippen LogP contribution in [-0.2, 0) is 14.3 Å². The monoisotopic (exact) mass is 328 g/mol. The molecule has 0 radical (unpaired) electrons. The molecule has 2 unspecified atom stereocenters. The summed E-state index contributed by atoms with van der Waals surface area (Å²) in [6, 6.07) is 2.58. The number of esters is 1. The van der Waals surface area contributed by atoms with E-state index in [2.05, 4.69) is 5.43 Å². The molecular weight excluding hydrogens is 308 g/mol. The number of hydrazine groups is 1. The summed E-state index contributed by atoms with van der Waals surface area (Å²) in [5, 5.41) is 19.4. The Bertz CT molecular complexity index is 694. The summed E-state index contributed by atoms with van der Waals surface area (Å²) < 4.78 is 5.28. The van der Waals surface area contributed by atoms with E-state index in [-0.39, 0.29) is 18.6 Å². The first kappa shape index (κ1) is 17.9. The molecule has 1 saturated heterocycles. The molecule has 2 aliphatic heterocycles. The van der Waals surface area contributed by atoms with Crippen LogP contribution in [0.15, 0.2) is 22.8 Å². The van der Waals surface area contributed by atoms with E-state index in [0.29, 0.717) is 13.0 Å². The van der Waals surface area contributed by atoms with Crippen LogP contribution in [0.3, 0.4) is 0 Å². The van der Waals surface area contributed by atoms with Crippen LogP contribution < -0.4 is 5.43 Å². The van der Waals surface area contributed by atoms with E-state index in [4.69, 9.17) is 15.3 Å². The first-order valence-electron chi connectivity index (χ1n) is 7.83. The summed E-state index contributed by atoms with van der Waals surface area (Å²) in [7, 11) is 0. The summed E-state index contributed by atoms with van der Waals surface area (Å²) in [4.78, 5) is 25.7. The van der Waals surface area contributed by atoms with E-state index in [9.17, 15) is 9.59 Å². The highest BCUT2D eigenvalue weighted by Gasteiger charge is 2.60. The van der Waals surface area contributed by atoms with Gasteiger partial charge in [0.25, 0.3) is 0 Å². The quantitative estimate of drug-likeness (QED) is 0.357. The van der Waals surface area contributed by atoms with Gasteiger partial charge in [-0.25, -0.2) is 15.2 Å². The molecule has 0 aliphatic carbocycles. The lowest BCUT2D eigenvalue weighted by molar-refractivity contribution is -0.161. The highest BCUT2D eigenvalue weighted by atomic mass is 16.5. The molecule has 2 heterocycles. The smallest absolute Gasteiger partial charge is 0.336 e. The number of ether oxygens (including phenoxy) is 1. The van der Waals surface area contributed by atoms with E-state index in [1.807, 2.05) is 20.8 Å². The van der Waals surface area contributed by atoms with Gasteiger partial charge in [-0.1, -0.05) is 18.1 Å². The highest BCUT2D eigenvalue weighted by Crippen LogP contribution is 2.37. The van der Waals surface area contributed by atoms with E-state index in [0.717, 1.165) is 11.1 Å². The number of nitrogens with zero attached hydrogens (tertiary/aromatic N) is 3. The van der Waals surface area contributed by atoms with E-state index in [1.54, 1.807) is 17.1 Å². The van der Waals surface area contributed by atoms with Crippen molar-refractivity contribution < 1.29 is 14.3 Å². The summed E-state index contributed by atoms with van der Waals surface area (Å²) in [6.45, 7) is 6.37. The molecule has 1 N–H and O–H groups in total. The number of Topliss-reactive ketones (excluding diaryl/α,β-unsaturated/α-hetero) is 1. The molecule has 2 rings (SSSR count). The molecule has 0 amide bonds. The zero-order chi connectivity index (χ0) is 17.9. The maximum Gasteiger partial charge on any atom is 0.336 e. The Morgan fingerprint density at radius 1 is 1.42 bits per heavy atom. The minimum absolute atomic E-state index is 0.167. The van der Waals surface area contributed by atoms with E-state index in [1.165, 1.54) is 6.08 Å². The van der Waals surface area contributed by atoms with Crippen LogP contribution in [0.25, 0.3) is 0 Å². The van der Waals surface area contributed by atoms with Crippen molar-refractivity contribution in [1.82, 2.24) is 10.4 Å². The number of allylic oxidation sites excluding steroid dienone is 1. The fourth-order valence-electron chi connectivity index (χ4n) is 2.97. The first-order valence-corrected chi connectivity index (χ1v) is 7.83. The second-order valence-electron chi connectivity index (χ2n) is 6.09. The molecule has 2 aliphatic rings. The molecule has 0 bridgehead atoms. The first-order chi connectivity index (χ1) is 11.4. The second-order valence-corrected chi connectivity index (χ2v) is 6.09. The van der Waals surface area contributed by atoms with Crippen LogP contribution in [0, 0.1) is 22.7 Å². The average molecular weight is 328 g/mol. The standard InChI is InChI=1S/C17H20N4O3/c1-4-5-24-16(23)17-7-11(2)12(3)10-21(17)20-14(15(17)22)6-13(8-18)9-19/h6,14,20H,4-5,7,10H2,1-3H3. The number of carbonyl (C=O) groups is 2. The number of hydrogen-bond donors (Lipinski definition) is 1. The van der Waals surface area contributed by atoms with E-state index < -0.39 is 23.3 Å². The Morgan fingerprint density at radius 2 is 2.08 bits per heavy atom. The number of ketones is 1. The number of carbonyl (C=O) groups excluding carboxylic acids is 2. The summed E-state index contributed by atoms with van der Waals surface area (Å²) in [6.07, 6.45) is 2.17. The van der Waals surface area contributed by atoms with Gasteiger partial charge in [0.2, 0.25) is 0 Å². The van der Waals surface area contributed by atoms with Crippen LogP contribution in [0.4, 0.5) is 0 Å². The minimum Gasteiger partial charge on any atom is -0.464 e. The van der Waals surface area contributed by atoms with Crippen LogP contribution >= 0.6 is 0 Å². The molecule has 0 saturated carbocycles. The molecule has 7 nitrogen and oxygen atoms in total. The third-order valence-electron chi connectivity index (χ3n) is 4.44. The fraction of sp³-hybridized carbons (Fsp3) is 0.529. The van der Waals surface area contributed by atoms with Crippen molar-refractivity contribution >= 4 is 11.8 Å². The number of nitriles is 2. The second kappa shape index (κ2) is 6.96. The minimum atomic E-state index is -1.43. The third kappa shape index (κ3) is 2.84. The largest absolute Gasteiger partial charge is 0.464 e. The topological polar surface area (TPSA) is 106 Å². The highest BCUT2D eigenvalue weighted by molar-refractivity contribution is 6.13. The van der Waals surface area contributed by atoms with Crippen LogP contribution in [-0.4, -0.2) is 41.5 Å².